The van der Waals surface area contributed by atoms with E-state index in [0.717, 1.165) is 23.4 Å². The molecule has 0 aliphatic carbocycles. The molecule has 2 aromatic rings. The Morgan fingerprint density at radius 2 is 2.12 bits per heavy atom. The van der Waals surface area contributed by atoms with Crippen LogP contribution in [-0.4, -0.2) is 26.5 Å². The Bertz CT molecular complexity index is 821. The molecule has 0 radical (unpaired) electrons. The topological polar surface area (TPSA) is 95.2 Å². The number of aromatic amines is 1. The number of nitrogens with zero attached hydrogens (tertiary/aromatic N) is 2. The summed E-state index contributed by atoms with van der Waals surface area (Å²) < 4.78 is 0. The Kier molecular flexibility index (Phi) is 4.09. The van der Waals surface area contributed by atoms with Gasteiger partial charge in [0.05, 0.1) is 11.3 Å². The van der Waals surface area contributed by atoms with Crippen LogP contribution in [0.15, 0.2) is 23.0 Å². The largest absolute Gasteiger partial charge is 0.507 e. The van der Waals surface area contributed by atoms with Gasteiger partial charge in [-0.25, -0.2) is 4.98 Å². The van der Waals surface area contributed by atoms with E-state index in [1.807, 2.05) is 18.2 Å². The summed E-state index contributed by atoms with van der Waals surface area (Å²) in [5, 5.41) is 10.6. The van der Waals surface area contributed by atoms with Gasteiger partial charge in [-0.2, -0.15) is 0 Å². The maximum atomic E-state index is 12.1. The van der Waals surface area contributed by atoms with E-state index in [2.05, 4.69) is 35.6 Å². The van der Waals surface area contributed by atoms with Crippen molar-refractivity contribution in [2.45, 2.75) is 45.7 Å². The van der Waals surface area contributed by atoms with Crippen LogP contribution in [0.4, 0.5) is 5.95 Å². The number of phenolic OH excluding ortho intramolecular Hbond substituents is 1. The number of anilines is 1. The fraction of sp³-hybridized carbons (Fsp3) is 0.444. The van der Waals surface area contributed by atoms with Crippen LogP contribution in [0.1, 0.15) is 43.2 Å². The SMILES string of the molecule is CC(C)(C)c1cccc(CN2CCc3nc(N)[nH]c(=O)c3C2)c1O. The number of nitrogens with two attached hydrogens (primary N) is 1. The first kappa shape index (κ1) is 16.5. The van der Waals surface area contributed by atoms with Gasteiger partial charge in [0.2, 0.25) is 5.95 Å². The number of hydrogen-bond acceptors (Lipinski definition) is 5. The number of aromatic nitrogens is 2. The fourth-order valence-electron chi connectivity index (χ4n) is 3.20. The molecule has 6 heteroatoms. The van der Waals surface area contributed by atoms with Gasteiger partial charge in [-0.05, 0) is 11.0 Å². The second-order valence-corrected chi connectivity index (χ2v) is 7.40. The van der Waals surface area contributed by atoms with Crippen molar-refractivity contribution in [3.05, 3.63) is 50.9 Å². The molecule has 0 amide bonds. The molecule has 0 fully saturated rings. The number of phenols is 1. The van der Waals surface area contributed by atoms with Crippen molar-refractivity contribution >= 4 is 5.95 Å². The third-order valence-corrected chi connectivity index (χ3v) is 4.49. The van der Waals surface area contributed by atoms with Crippen LogP contribution in [0.25, 0.3) is 0 Å². The van der Waals surface area contributed by atoms with Gasteiger partial charge < -0.3 is 10.8 Å². The van der Waals surface area contributed by atoms with E-state index >= 15 is 0 Å². The van der Waals surface area contributed by atoms with Gasteiger partial charge in [-0.3, -0.25) is 14.7 Å². The van der Waals surface area contributed by atoms with Crippen LogP contribution in [0, 0.1) is 0 Å². The van der Waals surface area contributed by atoms with Crippen LogP contribution >= 0.6 is 0 Å². The van der Waals surface area contributed by atoms with E-state index < -0.39 is 0 Å². The highest BCUT2D eigenvalue weighted by Crippen LogP contribution is 2.34. The fourth-order valence-corrected chi connectivity index (χ4v) is 3.20. The number of rotatable bonds is 2. The Labute approximate surface area is 141 Å². The van der Waals surface area contributed by atoms with Crippen molar-refractivity contribution in [2.75, 3.05) is 12.3 Å². The maximum absolute atomic E-state index is 12.1. The number of nitrogen functional groups attached to an aromatic ring is 1. The average Bonchev–Trinajstić information content (AvgIpc) is 2.48. The highest BCUT2D eigenvalue weighted by atomic mass is 16.3. The van der Waals surface area contributed by atoms with Crippen LogP contribution in [0.2, 0.25) is 0 Å². The first-order chi connectivity index (χ1) is 11.3. The molecule has 0 spiro atoms. The molecule has 4 N–H and O–H groups in total. The Balaban J connectivity index is 1.85. The maximum Gasteiger partial charge on any atom is 0.257 e. The Hall–Kier alpha value is -2.34. The van der Waals surface area contributed by atoms with Gasteiger partial charge in [0.15, 0.2) is 0 Å². The average molecular weight is 328 g/mol. The first-order valence-corrected chi connectivity index (χ1v) is 8.17. The molecule has 0 unspecified atom stereocenters. The van der Waals surface area contributed by atoms with Gasteiger partial charge in [-0.1, -0.05) is 39.0 Å². The lowest BCUT2D eigenvalue weighted by atomic mass is 9.85. The van der Waals surface area contributed by atoms with E-state index in [1.54, 1.807) is 0 Å². The summed E-state index contributed by atoms with van der Waals surface area (Å²) in [5.74, 6) is 0.517. The van der Waals surface area contributed by atoms with Crippen LogP contribution in [0.3, 0.4) is 0 Å². The van der Waals surface area contributed by atoms with E-state index in [9.17, 15) is 9.90 Å². The molecule has 0 bridgehead atoms. The molecule has 0 atom stereocenters. The number of aromatic hydroxyl groups is 1. The number of hydrogen-bond donors (Lipinski definition) is 3. The Morgan fingerprint density at radius 3 is 2.83 bits per heavy atom. The molecule has 2 heterocycles. The van der Waals surface area contributed by atoms with Crippen LogP contribution in [0.5, 0.6) is 5.75 Å². The summed E-state index contributed by atoms with van der Waals surface area (Å²) in [6, 6.07) is 5.87. The third kappa shape index (κ3) is 3.14. The van der Waals surface area contributed by atoms with E-state index in [4.69, 9.17) is 5.73 Å². The molecule has 0 saturated heterocycles. The van der Waals surface area contributed by atoms with Gasteiger partial charge in [0.1, 0.15) is 5.75 Å². The molecular weight excluding hydrogens is 304 g/mol. The lowest BCUT2D eigenvalue weighted by Gasteiger charge is -2.29. The quantitative estimate of drug-likeness (QED) is 0.783. The number of benzene rings is 1. The molecule has 0 saturated carbocycles. The molecule has 24 heavy (non-hydrogen) atoms. The van der Waals surface area contributed by atoms with E-state index in [1.165, 1.54) is 0 Å². The summed E-state index contributed by atoms with van der Waals surface area (Å²) in [5.41, 5.74) is 8.58. The zero-order valence-corrected chi connectivity index (χ0v) is 14.4. The van der Waals surface area contributed by atoms with Crippen molar-refractivity contribution < 1.29 is 5.11 Å². The molecule has 1 aliphatic rings. The predicted octanol–water partition coefficient (Wildman–Crippen LogP) is 1.91. The summed E-state index contributed by atoms with van der Waals surface area (Å²) in [4.78, 5) is 21.0. The van der Waals surface area contributed by atoms with Crippen molar-refractivity contribution in [2.24, 2.45) is 0 Å². The standard InChI is InChI=1S/C18H24N4O2/c1-18(2,3)13-6-4-5-11(15(13)23)9-22-8-7-14-12(10-22)16(24)21-17(19)20-14/h4-6,23H,7-10H2,1-3H3,(H3,19,20,21,24). The molecule has 1 aliphatic heterocycles. The zero-order valence-electron chi connectivity index (χ0n) is 14.4. The van der Waals surface area contributed by atoms with Gasteiger partial charge in [0, 0.05) is 31.6 Å². The zero-order chi connectivity index (χ0) is 17.5. The van der Waals surface area contributed by atoms with E-state index in [0.29, 0.717) is 30.8 Å². The highest BCUT2D eigenvalue weighted by Gasteiger charge is 2.24. The second-order valence-electron chi connectivity index (χ2n) is 7.40. The smallest absolute Gasteiger partial charge is 0.257 e. The normalized spacial score (nSPS) is 15.3. The molecular formula is C18H24N4O2. The van der Waals surface area contributed by atoms with Gasteiger partial charge in [-0.15, -0.1) is 0 Å². The Morgan fingerprint density at radius 1 is 1.38 bits per heavy atom. The minimum Gasteiger partial charge on any atom is -0.507 e. The molecule has 6 nitrogen and oxygen atoms in total. The lowest BCUT2D eigenvalue weighted by molar-refractivity contribution is 0.238. The minimum atomic E-state index is -0.171. The molecule has 1 aromatic carbocycles. The summed E-state index contributed by atoms with van der Waals surface area (Å²) in [6.07, 6.45) is 0.684. The van der Waals surface area contributed by atoms with Gasteiger partial charge in [0.25, 0.3) is 5.56 Å². The highest BCUT2D eigenvalue weighted by molar-refractivity contribution is 5.44. The van der Waals surface area contributed by atoms with Crippen molar-refractivity contribution in [1.29, 1.82) is 0 Å². The molecule has 128 valence electrons. The van der Waals surface area contributed by atoms with Crippen molar-refractivity contribution in [1.82, 2.24) is 14.9 Å². The summed E-state index contributed by atoms with van der Waals surface area (Å²) in [7, 11) is 0. The third-order valence-electron chi connectivity index (χ3n) is 4.49. The first-order valence-electron chi connectivity index (χ1n) is 8.17. The lowest BCUT2D eigenvalue weighted by Crippen LogP contribution is -2.35. The number of H-pyrrole nitrogens is 1. The second kappa shape index (κ2) is 5.94. The monoisotopic (exact) mass is 328 g/mol. The predicted molar refractivity (Wildman–Crippen MR) is 93.9 cm³/mol. The summed E-state index contributed by atoms with van der Waals surface area (Å²) >= 11 is 0. The molecule has 3 rings (SSSR count). The van der Waals surface area contributed by atoms with Crippen LogP contribution in [-0.2, 0) is 24.9 Å². The number of nitrogens with one attached hydrogen (secondary N) is 1. The molecule has 1 aromatic heterocycles. The van der Waals surface area contributed by atoms with Crippen molar-refractivity contribution in [3.63, 3.8) is 0 Å². The van der Waals surface area contributed by atoms with E-state index in [-0.39, 0.29) is 16.9 Å². The summed E-state index contributed by atoms with van der Waals surface area (Å²) in [6.45, 7) is 8.13. The van der Waals surface area contributed by atoms with Crippen LogP contribution < -0.4 is 11.3 Å². The number of fused-ring (bicyclic) bond motifs is 1. The number of para-hydroxylation sites is 1. The van der Waals surface area contributed by atoms with Gasteiger partial charge >= 0.3 is 0 Å². The van der Waals surface area contributed by atoms with Crippen molar-refractivity contribution in [3.8, 4) is 5.75 Å². The minimum absolute atomic E-state index is 0.118.